The second-order valence-electron chi connectivity index (χ2n) is 17.4. The number of rotatable bonds is 6. The lowest BCUT2D eigenvalue weighted by Gasteiger charge is -2.41. The van der Waals surface area contributed by atoms with Crippen molar-refractivity contribution in [2.45, 2.75) is 5.41 Å². The number of hydrogen-bond acceptors (Lipinski definition) is 4. The van der Waals surface area contributed by atoms with Crippen LogP contribution in [-0.4, -0.2) is 0 Å². The van der Waals surface area contributed by atoms with Crippen LogP contribution in [0, 0.1) is 22.7 Å². The van der Waals surface area contributed by atoms with Crippen molar-refractivity contribution in [2.24, 2.45) is 0 Å². The largest absolute Gasteiger partial charge is 0.310 e. The van der Waals surface area contributed by atoms with Gasteiger partial charge in [0, 0.05) is 33.2 Å². The topological polar surface area (TPSA) is 54.1 Å². The predicted octanol–water partition coefficient (Wildman–Crippen LogP) is 16.2. The Kier molecular flexibility index (Phi) is 8.52. The molecule has 4 nitrogen and oxygen atoms in total. The highest BCUT2D eigenvalue weighted by Crippen LogP contribution is 2.63. The van der Waals surface area contributed by atoms with Gasteiger partial charge in [-0.15, -0.1) is 0 Å². The average molecular weight is 851 g/mol. The van der Waals surface area contributed by atoms with Gasteiger partial charge in [-0.1, -0.05) is 152 Å². The number of nitrogens with zero attached hydrogens (tertiary/aromatic N) is 4. The summed E-state index contributed by atoms with van der Waals surface area (Å²) in [4.78, 5) is 4.72. The molecule has 0 N–H and O–H groups in total. The molecule has 0 heterocycles. The SMILES string of the molecule is N#Cc1ccc(N(c2ccc3c(c2)C2(c4ccccc4-c4ccccc42)c2cccc4c(N(c5ccc(C#N)cc5)c5cccc6ccccc56)ccc-3c24)c2cccc3ccccc23)cc1. The molecule has 0 saturated carbocycles. The fraction of sp³-hybridized carbons (Fsp3) is 0.0159. The molecule has 11 aromatic carbocycles. The van der Waals surface area contributed by atoms with E-state index < -0.39 is 5.41 Å². The molecular weight excluding hydrogens is 813 g/mol. The molecule has 310 valence electrons. The summed E-state index contributed by atoms with van der Waals surface area (Å²) in [6, 6.07) is 87.1. The van der Waals surface area contributed by atoms with Crippen LogP contribution in [0.4, 0.5) is 34.1 Å². The molecule has 0 aromatic heterocycles. The summed E-state index contributed by atoms with van der Waals surface area (Å²) in [5, 5.41) is 26.6. The number of nitriles is 2. The predicted molar refractivity (Wildman–Crippen MR) is 274 cm³/mol. The molecule has 67 heavy (non-hydrogen) atoms. The Morgan fingerprint density at radius 1 is 0.313 bits per heavy atom. The zero-order valence-corrected chi connectivity index (χ0v) is 36.2. The zero-order valence-electron chi connectivity index (χ0n) is 36.2. The summed E-state index contributed by atoms with van der Waals surface area (Å²) in [6.45, 7) is 0. The van der Waals surface area contributed by atoms with Crippen molar-refractivity contribution in [1.29, 1.82) is 10.5 Å². The monoisotopic (exact) mass is 850 g/mol. The van der Waals surface area contributed by atoms with Crippen molar-refractivity contribution < 1.29 is 0 Å². The Balaban J connectivity index is 1.13. The first-order chi connectivity index (χ1) is 33.1. The van der Waals surface area contributed by atoms with Gasteiger partial charge in [0.1, 0.15) is 0 Å². The van der Waals surface area contributed by atoms with E-state index in [2.05, 4.69) is 228 Å². The van der Waals surface area contributed by atoms with Crippen molar-refractivity contribution in [3.63, 3.8) is 0 Å². The maximum atomic E-state index is 9.85. The number of fused-ring (bicyclic) bond motifs is 11. The van der Waals surface area contributed by atoms with Crippen LogP contribution < -0.4 is 9.80 Å². The summed E-state index contributed by atoms with van der Waals surface area (Å²) >= 11 is 0. The number of anilines is 6. The highest BCUT2D eigenvalue weighted by atomic mass is 15.2. The Morgan fingerprint density at radius 2 is 0.746 bits per heavy atom. The second kappa shape index (κ2) is 14.9. The van der Waals surface area contributed by atoms with E-state index in [1.807, 2.05) is 24.3 Å². The van der Waals surface area contributed by atoms with Crippen LogP contribution >= 0.6 is 0 Å². The smallest absolute Gasteiger partial charge is 0.0991 e. The van der Waals surface area contributed by atoms with Gasteiger partial charge >= 0.3 is 0 Å². The summed E-state index contributed by atoms with van der Waals surface area (Å²) in [7, 11) is 0. The first-order valence-corrected chi connectivity index (χ1v) is 22.6. The molecule has 0 saturated heterocycles. The Labute approximate surface area is 388 Å². The Hall–Kier alpha value is -9.22. The van der Waals surface area contributed by atoms with Crippen molar-refractivity contribution >= 4 is 66.4 Å². The minimum atomic E-state index is -0.683. The highest BCUT2D eigenvalue weighted by molar-refractivity contribution is 6.14. The van der Waals surface area contributed by atoms with E-state index >= 15 is 0 Å². The lowest BCUT2D eigenvalue weighted by Crippen LogP contribution is -2.32. The van der Waals surface area contributed by atoms with E-state index in [1.54, 1.807) is 0 Å². The van der Waals surface area contributed by atoms with Crippen LogP contribution in [0.3, 0.4) is 0 Å². The minimum absolute atomic E-state index is 0.618. The number of hydrogen-bond donors (Lipinski definition) is 0. The van der Waals surface area contributed by atoms with Gasteiger partial charge in [-0.05, 0) is 140 Å². The molecule has 0 bridgehead atoms. The number of benzene rings is 11. The first-order valence-electron chi connectivity index (χ1n) is 22.6. The Bertz CT molecular complexity index is 3850. The molecule has 11 aromatic rings. The molecule has 1 spiro atoms. The fourth-order valence-electron chi connectivity index (χ4n) is 11.3. The minimum Gasteiger partial charge on any atom is -0.310 e. The third kappa shape index (κ3) is 5.58. The van der Waals surface area contributed by atoms with Gasteiger partial charge < -0.3 is 9.80 Å². The molecule has 0 amide bonds. The standard InChI is InChI=1S/C63H38N4/c64-39-41-26-30-45(31-27-41)66(59-24-9-14-43-12-1-3-16-48(43)59)47-34-35-52-53-36-37-61(67(46-32-28-42(40-65)29-33-46)60-25-10-15-44-13-2-4-17-49(44)60)54-20-11-23-57(62(53)54)63(58(52)38-47)55-21-7-5-18-50(55)51-19-6-8-22-56(51)63/h1-38H. The van der Waals surface area contributed by atoms with Crippen molar-refractivity contribution in [2.75, 3.05) is 9.80 Å². The average Bonchev–Trinajstić information content (AvgIpc) is 3.69. The quantitative estimate of drug-likeness (QED) is 0.167. The molecule has 4 heteroatoms. The molecule has 2 aliphatic rings. The highest BCUT2D eigenvalue weighted by Gasteiger charge is 2.50. The summed E-state index contributed by atoms with van der Waals surface area (Å²) in [5.41, 5.74) is 16.5. The van der Waals surface area contributed by atoms with Crippen molar-refractivity contribution in [3.05, 3.63) is 264 Å². The van der Waals surface area contributed by atoms with Crippen LogP contribution in [0.1, 0.15) is 33.4 Å². The van der Waals surface area contributed by atoms with Gasteiger partial charge in [-0.2, -0.15) is 10.5 Å². The van der Waals surface area contributed by atoms with Crippen LogP contribution in [0.25, 0.3) is 54.6 Å². The van der Waals surface area contributed by atoms with E-state index in [-0.39, 0.29) is 0 Å². The Morgan fingerprint density at radius 3 is 1.36 bits per heavy atom. The van der Waals surface area contributed by atoms with Gasteiger partial charge in [0.25, 0.3) is 0 Å². The van der Waals surface area contributed by atoms with E-state index in [4.69, 9.17) is 0 Å². The van der Waals surface area contributed by atoms with E-state index in [1.165, 1.54) is 49.9 Å². The summed E-state index contributed by atoms with van der Waals surface area (Å²) in [5.74, 6) is 0. The summed E-state index contributed by atoms with van der Waals surface area (Å²) < 4.78 is 0. The molecular formula is C63H38N4. The first kappa shape index (κ1) is 38.3. The van der Waals surface area contributed by atoms with E-state index in [0.717, 1.165) is 61.1 Å². The van der Waals surface area contributed by atoms with Gasteiger partial charge in [-0.25, -0.2) is 0 Å². The maximum Gasteiger partial charge on any atom is 0.0991 e. The molecule has 0 radical (unpaired) electrons. The van der Waals surface area contributed by atoms with E-state index in [0.29, 0.717) is 11.1 Å². The van der Waals surface area contributed by atoms with Gasteiger partial charge in [0.2, 0.25) is 0 Å². The molecule has 13 rings (SSSR count). The van der Waals surface area contributed by atoms with Crippen molar-refractivity contribution in [1.82, 2.24) is 0 Å². The molecule has 2 aliphatic carbocycles. The van der Waals surface area contributed by atoms with Gasteiger partial charge in [-0.3, -0.25) is 0 Å². The van der Waals surface area contributed by atoms with Crippen LogP contribution in [0.2, 0.25) is 0 Å². The van der Waals surface area contributed by atoms with Crippen molar-refractivity contribution in [3.8, 4) is 34.4 Å². The third-order valence-corrected chi connectivity index (χ3v) is 14.1. The lowest BCUT2D eigenvalue weighted by atomic mass is 9.61. The van der Waals surface area contributed by atoms with E-state index in [9.17, 15) is 10.5 Å². The van der Waals surface area contributed by atoms with Crippen LogP contribution in [0.5, 0.6) is 0 Å². The zero-order chi connectivity index (χ0) is 44.6. The summed E-state index contributed by atoms with van der Waals surface area (Å²) in [6.07, 6.45) is 0. The molecule has 0 atom stereocenters. The lowest BCUT2D eigenvalue weighted by molar-refractivity contribution is 0.773. The normalized spacial score (nSPS) is 12.6. The van der Waals surface area contributed by atoms with Gasteiger partial charge in [0.15, 0.2) is 0 Å². The second-order valence-corrected chi connectivity index (χ2v) is 17.4. The maximum absolute atomic E-state index is 9.85. The van der Waals surface area contributed by atoms with Gasteiger partial charge in [0.05, 0.1) is 45.7 Å². The third-order valence-electron chi connectivity index (χ3n) is 14.1. The molecule has 0 aliphatic heterocycles. The molecule has 0 unspecified atom stereocenters. The molecule has 0 fully saturated rings. The fourth-order valence-corrected chi connectivity index (χ4v) is 11.3. The van der Waals surface area contributed by atoms with Crippen LogP contribution in [-0.2, 0) is 5.41 Å². The van der Waals surface area contributed by atoms with Crippen LogP contribution in [0.15, 0.2) is 231 Å².